The Kier molecular flexibility index (Phi) is 5.40. The van der Waals surface area contributed by atoms with Crippen LogP contribution in [0.3, 0.4) is 0 Å². The van der Waals surface area contributed by atoms with Gasteiger partial charge in [0.25, 0.3) is 10.0 Å². The smallest absolute Gasteiger partial charge is 0.326 e. The molecule has 0 saturated carbocycles. The Morgan fingerprint density at radius 1 is 1.12 bits per heavy atom. The number of ether oxygens (including phenoxy) is 2. The van der Waals surface area contributed by atoms with Gasteiger partial charge in [0.05, 0.1) is 24.8 Å². The first-order valence-electron chi connectivity index (χ1n) is 6.87. The standard InChI is InChI=1S/C16H16FNO5S/c1-22-14-5-3-4-13(10-14)18(11-16(19)23-2)24(20,21)15-8-6-12(17)7-9-15/h3-10H,11H2,1-2H3. The zero-order valence-electron chi connectivity index (χ0n) is 13.1. The molecule has 2 rings (SSSR count). The zero-order valence-corrected chi connectivity index (χ0v) is 13.9. The van der Waals surface area contributed by atoms with Gasteiger partial charge in [0.2, 0.25) is 0 Å². The molecule has 0 spiro atoms. The molecule has 0 bridgehead atoms. The van der Waals surface area contributed by atoms with Gasteiger partial charge in [-0.3, -0.25) is 9.10 Å². The number of anilines is 1. The van der Waals surface area contributed by atoms with Crippen LogP contribution in [0, 0.1) is 5.82 Å². The second kappa shape index (κ2) is 7.31. The fourth-order valence-corrected chi connectivity index (χ4v) is 3.40. The highest BCUT2D eigenvalue weighted by molar-refractivity contribution is 7.92. The number of hydrogen-bond donors (Lipinski definition) is 0. The lowest BCUT2D eigenvalue weighted by Crippen LogP contribution is -2.36. The van der Waals surface area contributed by atoms with Crippen molar-refractivity contribution in [3.63, 3.8) is 0 Å². The maximum atomic E-state index is 13.1. The van der Waals surface area contributed by atoms with Crippen molar-refractivity contribution in [1.29, 1.82) is 0 Å². The fraction of sp³-hybridized carbons (Fsp3) is 0.188. The quantitative estimate of drug-likeness (QED) is 0.745. The van der Waals surface area contributed by atoms with Crippen LogP contribution in [0.2, 0.25) is 0 Å². The Labute approximate surface area is 139 Å². The van der Waals surface area contributed by atoms with Crippen molar-refractivity contribution in [2.45, 2.75) is 4.90 Å². The van der Waals surface area contributed by atoms with Crippen molar-refractivity contribution in [1.82, 2.24) is 0 Å². The normalized spacial score (nSPS) is 11.0. The van der Waals surface area contributed by atoms with Crippen LogP contribution in [-0.2, 0) is 19.6 Å². The molecule has 0 fully saturated rings. The summed E-state index contributed by atoms with van der Waals surface area (Å²) in [5, 5.41) is 0. The van der Waals surface area contributed by atoms with E-state index in [0.717, 1.165) is 35.7 Å². The van der Waals surface area contributed by atoms with E-state index in [-0.39, 0.29) is 10.6 Å². The van der Waals surface area contributed by atoms with Crippen molar-refractivity contribution < 1.29 is 27.1 Å². The lowest BCUT2D eigenvalue weighted by Gasteiger charge is -2.23. The average Bonchev–Trinajstić information content (AvgIpc) is 2.59. The predicted octanol–water partition coefficient (Wildman–Crippen LogP) is 2.20. The maximum absolute atomic E-state index is 13.1. The second-order valence-electron chi connectivity index (χ2n) is 4.74. The van der Waals surface area contributed by atoms with E-state index in [1.165, 1.54) is 19.2 Å². The molecule has 0 aliphatic carbocycles. The van der Waals surface area contributed by atoms with E-state index < -0.39 is 28.4 Å². The van der Waals surface area contributed by atoms with Gasteiger partial charge in [0.1, 0.15) is 18.1 Å². The summed E-state index contributed by atoms with van der Waals surface area (Å²) in [7, 11) is -1.48. The lowest BCUT2D eigenvalue weighted by molar-refractivity contribution is -0.138. The summed E-state index contributed by atoms with van der Waals surface area (Å²) in [5.41, 5.74) is 0.226. The first-order chi connectivity index (χ1) is 11.4. The van der Waals surface area contributed by atoms with Gasteiger partial charge in [0.15, 0.2) is 0 Å². The Morgan fingerprint density at radius 3 is 2.38 bits per heavy atom. The highest BCUT2D eigenvalue weighted by Gasteiger charge is 2.27. The molecule has 2 aromatic rings. The van der Waals surface area contributed by atoms with Crippen molar-refractivity contribution in [3.05, 3.63) is 54.3 Å². The number of halogens is 1. The topological polar surface area (TPSA) is 72.9 Å². The van der Waals surface area contributed by atoms with Gasteiger partial charge in [-0.2, -0.15) is 0 Å². The summed E-state index contributed by atoms with van der Waals surface area (Å²) >= 11 is 0. The van der Waals surface area contributed by atoms with Gasteiger partial charge in [-0.1, -0.05) is 6.07 Å². The van der Waals surface area contributed by atoms with E-state index in [1.807, 2.05) is 0 Å². The van der Waals surface area contributed by atoms with Crippen LogP contribution in [0.25, 0.3) is 0 Å². The Morgan fingerprint density at radius 2 is 1.79 bits per heavy atom. The molecule has 128 valence electrons. The predicted molar refractivity (Wildman–Crippen MR) is 85.9 cm³/mol. The third kappa shape index (κ3) is 3.83. The minimum absolute atomic E-state index is 0.143. The highest BCUT2D eigenvalue weighted by atomic mass is 32.2. The molecule has 0 aromatic heterocycles. The molecule has 0 radical (unpaired) electrons. The van der Waals surface area contributed by atoms with Gasteiger partial charge in [-0.25, -0.2) is 12.8 Å². The third-order valence-corrected chi connectivity index (χ3v) is 5.03. The number of esters is 1. The highest BCUT2D eigenvalue weighted by Crippen LogP contribution is 2.27. The molecule has 0 amide bonds. The molecule has 6 nitrogen and oxygen atoms in total. The molecule has 0 aliphatic heterocycles. The number of carbonyl (C=O) groups excluding carboxylic acids is 1. The van der Waals surface area contributed by atoms with Crippen LogP contribution in [0.5, 0.6) is 5.75 Å². The number of sulfonamides is 1. The van der Waals surface area contributed by atoms with E-state index in [1.54, 1.807) is 12.1 Å². The molecule has 24 heavy (non-hydrogen) atoms. The average molecular weight is 353 g/mol. The molecule has 0 N–H and O–H groups in total. The van der Waals surface area contributed by atoms with Crippen molar-refractivity contribution in [2.75, 3.05) is 25.1 Å². The summed E-state index contributed by atoms with van der Waals surface area (Å²) < 4.78 is 49.3. The molecule has 0 heterocycles. The fourth-order valence-electron chi connectivity index (χ4n) is 2.00. The Balaban J connectivity index is 2.52. The molecule has 0 atom stereocenters. The summed E-state index contributed by atoms with van der Waals surface area (Å²) in [6, 6.07) is 10.6. The summed E-state index contributed by atoms with van der Waals surface area (Å²) in [6.07, 6.45) is 0. The Bertz CT molecular complexity index is 821. The first-order valence-corrected chi connectivity index (χ1v) is 8.31. The zero-order chi connectivity index (χ0) is 17.7. The number of methoxy groups -OCH3 is 2. The maximum Gasteiger partial charge on any atom is 0.326 e. The monoisotopic (exact) mass is 353 g/mol. The molecule has 0 unspecified atom stereocenters. The molecule has 0 aliphatic rings. The number of hydrogen-bond acceptors (Lipinski definition) is 5. The molecule has 0 saturated heterocycles. The summed E-state index contributed by atoms with van der Waals surface area (Å²) in [4.78, 5) is 11.5. The van der Waals surface area contributed by atoms with E-state index in [9.17, 15) is 17.6 Å². The van der Waals surface area contributed by atoms with Gasteiger partial charge >= 0.3 is 5.97 Å². The molecular formula is C16H16FNO5S. The number of carbonyl (C=O) groups is 1. The minimum Gasteiger partial charge on any atom is -0.497 e. The van der Waals surface area contributed by atoms with Crippen LogP contribution in [-0.4, -0.2) is 35.2 Å². The van der Waals surface area contributed by atoms with Gasteiger partial charge in [0, 0.05) is 6.07 Å². The summed E-state index contributed by atoms with van der Waals surface area (Å²) in [5.74, 6) is -0.866. The van der Waals surface area contributed by atoms with E-state index in [2.05, 4.69) is 4.74 Å². The number of rotatable bonds is 6. The van der Waals surface area contributed by atoms with Crippen LogP contribution >= 0.6 is 0 Å². The van der Waals surface area contributed by atoms with E-state index >= 15 is 0 Å². The number of benzene rings is 2. The SMILES string of the molecule is COC(=O)CN(c1cccc(OC)c1)S(=O)(=O)c1ccc(F)cc1. The molecule has 2 aromatic carbocycles. The van der Waals surface area contributed by atoms with Gasteiger partial charge in [-0.15, -0.1) is 0 Å². The minimum atomic E-state index is -4.09. The van der Waals surface area contributed by atoms with Crippen LogP contribution < -0.4 is 9.04 Å². The first kappa shape index (κ1) is 17.7. The molecular weight excluding hydrogens is 337 g/mol. The van der Waals surface area contributed by atoms with Crippen molar-refractivity contribution >= 4 is 21.7 Å². The Hall–Kier alpha value is -2.61. The molecule has 8 heteroatoms. The third-order valence-electron chi connectivity index (χ3n) is 3.24. The van der Waals surface area contributed by atoms with Crippen molar-refractivity contribution in [2.24, 2.45) is 0 Å². The largest absolute Gasteiger partial charge is 0.497 e. The number of nitrogens with zero attached hydrogens (tertiary/aromatic N) is 1. The van der Waals surface area contributed by atoms with Crippen LogP contribution in [0.1, 0.15) is 0 Å². The van der Waals surface area contributed by atoms with Gasteiger partial charge in [-0.05, 0) is 36.4 Å². The van der Waals surface area contributed by atoms with Crippen LogP contribution in [0.15, 0.2) is 53.4 Å². The van der Waals surface area contributed by atoms with E-state index in [0.29, 0.717) is 5.75 Å². The second-order valence-corrected chi connectivity index (χ2v) is 6.61. The van der Waals surface area contributed by atoms with Crippen LogP contribution in [0.4, 0.5) is 10.1 Å². The van der Waals surface area contributed by atoms with E-state index in [4.69, 9.17) is 4.74 Å². The lowest BCUT2D eigenvalue weighted by atomic mass is 10.3. The van der Waals surface area contributed by atoms with Crippen molar-refractivity contribution in [3.8, 4) is 5.75 Å². The summed E-state index contributed by atoms with van der Waals surface area (Å²) in [6.45, 7) is -0.524. The van der Waals surface area contributed by atoms with Gasteiger partial charge < -0.3 is 9.47 Å².